The van der Waals surface area contributed by atoms with Crippen molar-refractivity contribution < 1.29 is 4.79 Å². The van der Waals surface area contributed by atoms with E-state index in [9.17, 15) is 4.79 Å². The van der Waals surface area contributed by atoms with Crippen LogP contribution >= 0.6 is 11.3 Å². The van der Waals surface area contributed by atoms with Crippen molar-refractivity contribution in [3.05, 3.63) is 85.2 Å². The van der Waals surface area contributed by atoms with Gasteiger partial charge in [0, 0.05) is 35.9 Å². The van der Waals surface area contributed by atoms with Gasteiger partial charge in [-0.25, -0.2) is 9.97 Å². The smallest absolute Gasteiger partial charge is 0.275 e. The molecule has 0 spiro atoms. The monoisotopic (exact) mass is 401 g/mol. The van der Waals surface area contributed by atoms with E-state index in [1.807, 2.05) is 41.8 Å². The van der Waals surface area contributed by atoms with E-state index < -0.39 is 0 Å². The molecule has 0 fully saturated rings. The highest BCUT2D eigenvalue weighted by atomic mass is 32.1. The summed E-state index contributed by atoms with van der Waals surface area (Å²) in [5, 5.41) is 7.37. The van der Waals surface area contributed by atoms with Crippen LogP contribution in [-0.2, 0) is 0 Å². The second kappa shape index (κ2) is 8.20. The van der Waals surface area contributed by atoms with Crippen LogP contribution in [0.2, 0.25) is 0 Å². The number of fused-ring (bicyclic) bond motifs is 1. The van der Waals surface area contributed by atoms with Gasteiger partial charge in [0.25, 0.3) is 5.91 Å². The Morgan fingerprint density at radius 3 is 2.55 bits per heavy atom. The van der Waals surface area contributed by atoms with E-state index in [2.05, 4.69) is 28.2 Å². The quantitative estimate of drug-likeness (QED) is 0.432. The number of carbonyl (C=O) groups excluding carboxylic acids is 1. The summed E-state index contributed by atoms with van der Waals surface area (Å²) in [6, 6.07) is 11.5. The van der Waals surface area contributed by atoms with E-state index in [-0.39, 0.29) is 5.91 Å². The SMILES string of the molecule is C=CCN(CC=C)C(=O)c1nn(-c2ccccn2)c2nccc(-c3cccs3)c12. The number of carbonyl (C=O) groups is 1. The maximum absolute atomic E-state index is 13.4. The Hall–Kier alpha value is -3.58. The lowest BCUT2D eigenvalue weighted by molar-refractivity contribution is 0.0786. The van der Waals surface area contributed by atoms with Crippen LogP contribution in [0.4, 0.5) is 0 Å². The molecule has 0 aliphatic carbocycles. The highest BCUT2D eigenvalue weighted by molar-refractivity contribution is 7.13. The maximum Gasteiger partial charge on any atom is 0.275 e. The number of thiophene rings is 1. The van der Waals surface area contributed by atoms with Crippen LogP contribution < -0.4 is 0 Å². The normalized spacial score (nSPS) is 10.8. The van der Waals surface area contributed by atoms with E-state index in [0.29, 0.717) is 35.6 Å². The molecule has 0 saturated heterocycles. The molecule has 4 heterocycles. The van der Waals surface area contributed by atoms with E-state index in [4.69, 9.17) is 0 Å². The van der Waals surface area contributed by atoms with Crippen molar-refractivity contribution in [3.8, 4) is 16.3 Å². The summed E-state index contributed by atoms with van der Waals surface area (Å²) in [6.07, 6.45) is 6.81. The number of hydrogen-bond acceptors (Lipinski definition) is 5. The topological polar surface area (TPSA) is 63.9 Å². The number of hydrogen-bond donors (Lipinski definition) is 0. The predicted octanol–water partition coefficient (Wildman–Crippen LogP) is 4.36. The number of amides is 1. The van der Waals surface area contributed by atoms with Crippen LogP contribution in [-0.4, -0.2) is 43.6 Å². The largest absolute Gasteiger partial charge is 0.330 e. The van der Waals surface area contributed by atoms with Gasteiger partial charge >= 0.3 is 0 Å². The summed E-state index contributed by atoms with van der Waals surface area (Å²) in [5.74, 6) is 0.404. The molecule has 4 aromatic rings. The second-order valence-corrected chi connectivity index (χ2v) is 7.22. The molecule has 0 saturated carbocycles. The Labute approximate surface area is 172 Å². The van der Waals surface area contributed by atoms with Crippen molar-refractivity contribution in [2.24, 2.45) is 0 Å². The molecule has 1 amide bonds. The summed E-state index contributed by atoms with van der Waals surface area (Å²) in [6.45, 7) is 8.32. The number of pyridine rings is 2. The third-order valence-electron chi connectivity index (χ3n) is 4.41. The first-order chi connectivity index (χ1) is 14.2. The van der Waals surface area contributed by atoms with E-state index in [1.165, 1.54) is 0 Å². The fourth-order valence-electron chi connectivity index (χ4n) is 3.17. The van der Waals surface area contributed by atoms with Gasteiger partial charge in [-0.3, -0.25) is 4.79 Å². The lowest BCUT2D eigenvalue weighted by Crippen LogP contribution is -2.31. The first-order valence-corrected chi connectivity index (χ1v) is 9.96. The molecule has 29 heavy (non-hydrogen) atoms. The van der Waals surface area contributed by atoms with Crippen LogP contribution in [0.1, 0.15) is 10.5 Å². The van der Waals surface area contributed by atoms with Crippen LogP contribution in [0.5, 0.6) is 0 Å². The van der Waals surface area contributed by atoms with Gasteiger partial charge in [0.15, 0.2) is 17.2 Å². The van der Waals surface area contributed by atoms with Gasteiger partial charge in [0.2, 0.25) is 0 Å². The fraction of sp³-hybridized carbons (Fsp3) is 0.0909. The Morgan fingerprint density at radius 2 is 1.90 bits per heavy atom. The molecule has 0 bridgehead atoms. The molecule has 0 aromatic carbocycles. The van der Waals surface area contributed by atoms with E-state index in [1.54, 1.807) is 45.5 Å². The van der Waals surface area contributed by atoms with Gasteiger partial charge in [-0.1, -0.05) is 24.3 Å². The summed E-state index contributed by atoms with van der Waals surface area (Å²) < 4.78 is 1.62. The van der Waals surface area contributed by atoms with Crippen LogP contribution in [0.15, 0.2) is 79.5 Å². The van der Waals surface area contributed by atoms with Gasteiger partial charge in [0.1, 0.15) is 0 Å². The van der Waals surface area contributed by atoms with Crippen LogP contribution in [0.3, 0.4) is 0 Å². The van der Waals surface area contributed by atoms with Gasteiger partial charge < -0.3 is 4.90 Å². The van der Waals surface area contributed by atoms with E-state index in [0.717, 1.165) is 10.4 Å². The number of aromatic nitrogens is 4. The van der Waals surface area contributed by atoms with Crippen molar-refractivity contribution in [3.63, 3.8) is 0 Å². The minimum absolute atomic E-state index is 0.199. The molecular formula is C22H19N5OS. The average Bonchev–Trinajstić information content (AvgIpc) is 3.42. The maximum atomic E-state index is 13.4. The molecule has 7 heteroatoms. The number of rotatable bonds is 7. The van der Waals surface area contributed by atoms with Crippen LogP contribution in [0, 0.1) is 0 Å². The molecule has 4 rings (SSSR count). The Morgan fingerprint density at radius 1 is 1.07 bits per heavy atom. The van der Waals surface area contributed by atoms with Crippen molar-refractivity contribution in [1.82, 2.24) is 24.6 Å². The van der Waals surface area contributed by atoms with Crippen molar-refractivity contribution in [1.29, 1.82) is 0 Å². The third kappa shape index (κ3) is 3.48. The lowest BCUT2D eigenvalue weighted by atomic mass is 10.1. The second-order valence-electron chi connectivity index (χ2n) is 6.27. The zero-order chi connectivity index (χ0) is 20.2. The first kappa shape index (κ1) is 18.8. The summed E-state index contributed by atoms with van der Waals surface area (Å²) in [7, 11) is 0. The van der Waals surface area contributed by atoms with Crippen molar-refractivity contribution >= 4 is 28.3 Å². The predicted molar refractivity (Wildman–Crippen MR) is 116 cm³/mol. The molecule has 0 aliphatic rings. The zero-order valence-electron chi connectivity index (χ0n) is 15.7. The first-order valence-electron chi connectivity index (χ1n) is 9.08. The molecule has 4 aromatic heterocycles. The molecule has 0 N–H and O–H groups in total. The molecule has 0 atom stereocenters. The third-order valence-corrected chi connectivity index (χ3v) is 5.31. The Balaban J connectivity index is 1.98. The fourth-order valence-corrected chi connectivity index (χ4v) is 3.93. The minimum atomic E-state index is -0.199. The van der Waals surface area contributed by atoms with Crippen molar-refractivity contribution in [2.45, 2.75) is 0 Å². The van der Waals surface area contributed by atoms with Gasteiger partial charge in [-0.2, -0.15) is 9.78 Å². The summed E-state index contributed by atoms with van der Waals surface area (Å²) in [4.78, 5) is 25.0. The average molecular weight is 401 g/mol. The lowest BCUT2D eigenvalue weighted by Gasteiger charge is -2.18. The molecule has 0 unspecified atom stereocenters. The standard InChI is InChI=1S/C22H19N5OS/c1-3-13-26(14-4-2)22(28)20-19-16(17-8-7-15-29-17)10-12-24-21(19)27(25-20)18-9-5-6-11-23-18/h3-12,15H,1-2,13-14H2. The molecule has 6 nitrogen and oxygen atoms in total. The Bertz CT molecular complexity index is 1150. The van der Waals surface area contributed by atoms with Gasteiger partial charge in [-0.15, -0.1) is 24.5 Å². The van der Waals surface area contributed by atoms with Crippen LogP contribution in [0.25, 0.3) is 27.3 Å². The van der Waals surface area contributed by atoms with Gasteiger partial charge in [-0.05, 0) is 29.6 Å². The minimum Gasteiger partial charge on any atom is -0.330 e. The van der Waals surface area contributed by atoms with Gasteiger partial charge in [0.05, 0.1) is 5.39 Å². The molecule has 144 valence electrons. The van der Waals surface area contributed by atoms with Crippen molar-refractivity contribution in [2.75, 3.05) is 13.1 Å². The molecule has 0 aliphatic heterocycles. The summed E-state index contributed by atoms with van der Waals surface area (Å²) >= 11 is 1.61. The zero-order valence-corrected chi connectivity index (χ0v) is 16.5. The van der Waals surface area contributed by atoms with E-state index >= 15 is 0 Å². The number of nitrogens with zero attached hydrogens (tertiary/aromatic N) is 5. The highest BCUT2D eigenvalue weighted by Gasteiger charge is 2.26. The summed E-state index contributed by atoms with van der Waals surface area (Å²) in [5.41, 5.74) is 1.86. The molecule has 0 radical (unpaired) electrons. The Kier molecular flexibility index (Phi) is 5.31. The highest BCUT2D eigenvalue weighted by Crippen LogP contribution is 2.34. The molecular weight excluding hydrogens is 382 g/mol.